The molecule has 0 spiro atoms. The van der Waals surface area contributed by atoms with Gasteiger partial charge in [0.2, 0.25) is 5.91 Å². The number of amides is 2. The summed E-state index contributed by atoms with van der Waals surface area (Å²) in [6.07, 6.45) is 0.550. The highest BCUT2D eigenvalue weighted by molar-refractivity contribution is 7.85. The summed E-state index contributed by atoms with van der Waals surface area (Å²) in [6, 6.07) is 6.36. The van der Waals surface area contributed by atoms with Crippen molar-refractivity contribution in [3.8, 4) is 0 Å². The molecular weight excluding hydrogens is 408 g/mol. The number of rotatable bonds is 5. The van der Waals surface area contributed by atoms with Crippen LogP contribution in [0.25, 0.3) is 0 Å². The van der Waals surface area contributed by atoms with Crippen molar-refractivity contribution in [1.29, 1.82) is 0 Å². The van der Waals surface area contributed by atoms with Crippen molar-refractivity contribution >= 4 is 39.4 Å². The summed E-state index contributed by atoms with van der Waals surface area (Å²) in [6.45, 7) is 5.07. The van der Waals surface area contributed by atoms with Gasteiger partial charge < -0.3 is 9.64 Å². The van der Waals surface area contributed by atoms with E-state index in [9.17, 15) is 18.0 Å². The monoisotopic (exact) mass is 432 g/mol. The number of benzene rings is 1. The van der Waals surface area contributed by atoms with E-state index in [0.29, 0.717) is 10.7 Å². The van der Waals surface area contributed by atoms with Gasteiger partial charge in [-0.05, 0) is 45.4 Å². The predicted molar refractivity (Wildman–Crippen MR) is 106 cm³/mol. The Labute approximate surface area is 170 Å². The summed E-state index contributed by atoms with van der Waals surface area (Å²) in [4.78, 5) is 28.1. The number of halogens is 1. The van der Waals surface area contributed by atoms with Crippen LogP contribution in [-0.2, 0) is 23.8 Å². The van der Waals surface area contributed by atoms with Crippen molar-refractivity contribution in [2.75, 3.05) is 30.9 Å². The number of hydrogen-bond donors (Lipinski definition) is 0. The van der Waals surface area contributed by atoms with Gasteiger partial charge in [0.15, 0.2) is 0 Å². The smallest absolute Gasteiger partial charge is 0.411 e. The minimum atomic E-state index is -3.61. The molecule has 1 heterocycles. The van der Waals surface area contributed by atoms with Crippen LogP contribution in [0.1, 0.15) is 27.2 Å². The maximum absolute atomic E-state index is 12.7. The fraction of sp³-hybridized carbons (Fsp3) is 0.556. The summed E-state index contributed by atoms with van der Waals surface area (Å²) in [5, 5.41) is 0.483. The minimum absolute atomic E-state index is 0.111. The lowest BCUT2D eigenvalue weighted by Crippen LogP contribution is -2.59. The van der Waals surface area contributed by atoms with E-state index in [2.05, 4.69) is 0 Å². The molecule has 8 nitrogen and oxygen atoms in total. The summed E-state index contributed by atoms with van der Waals surface area (Å²) in [5.74, 6) is -0.284. The zero-order chi connectivity index (χ0) is 21.1. The molecule has 1 atom stereocenters. The van der Waals surface area contributed by atoms with Gasteiger partial charge in [-0.25, -0.2) is 4.79 Å². The number of piperazine rings is 1. The Morgan fingerprint density at radius 2 is 2.00 bits per heavy atom. The Balaban J connectivity index is 2.22. The first-order chi connectivity index (χ1) is 12.9. The molecule has 1 aliphatic rings. The summed E-state index contributed by atoms with van der Waals surface area (Å²) in [7, 11) is -3.61. The van der Waals surface area contributed by atoms with Crippen molar-refractivity contribution in [2.45, 2.75) is 38.8 Å². The molecule has 0 aromatic heterocycles. The van der Waals surface area contributed by atoms with Crippen LogP contribution in [0.2, 0.25) is 5.02 Å². The van der Waals surface area contributed by atoms with Gasteiger partial charge in [-0.2, -0.15) is 8.42 Å². The van der Waals surface area contributed by atoms with E-state index in [-0.39, 0.29) is 32.0 Å². The van der Waals surface area contributed by atoms with Crippen molar-refractivity contribution in [2.24, 2.45) is 0 Å². The number of hydrogen-bond acceptors (Lipinski definition) is 6. The lowest BCUT2D eigenvalue weighted by atomic mass is 10.1. The maximum atomic E-state index is 12.7. The molecule has 0 saturated carbocycles. The molecule has 0 bridgehead atoms. The first kappa shape index (κ1) is 22.4. The van der Waals surface area contributed by atoms with Gasteiger partial charge in [0.25, 0.3) is 10.1 Å². The largest absolute Gasteiger partial charge is 0.444 e. The van der Waals surface area contributed by atoms with E-state index in [0.717, 1.165) is 6.26 Å². The second kappa shape index (κ2) is 8.67. The zero-order valence-corrected chi connectivity index (χ0v) is 17.9. The Kier molecular flexibility index (Phi) is 6.95. The SMILES string of the molecule is CC(C)(C)OC(=O)N1CC(=O)N(c2cccc(Cl)c2)C[C@@H]1CCOS(C)(=O)=O. The van der Waals surface area contributed by atoms with E-state index < -0.39 is 27.9 Å². The van der Waals surface area contributed by atoms with Crippen molar-refractivity contribution in [3.63, 3.8) is 0 Å². The van der Waals surface area contributed by atoms with E-state index in [1.165, 1.54) is 9.80 Å². The molecule has 2 amide bonds. The van der Waals surface area contributed by atoms with Crippen LogP contribution in [0.5, 0.6) is 0 Å². The van der Waals surface area contributed by atoms with Crippen molar-refractivity contribution in [1.82, 2.24) is 4.90 Å². The molecule has 156 valence electrons. The standard InChI is InChI=1S/C18H25ClN2O6S/c1-18(2,3)27-17(23)21-12-16(22)20(14-7-5-6-13(19)10-14)11-15(21)8-9-26-28(4,24)25/h5-7,10,15H,8-9,11-12H2,1-4H3/t15-/m0/s1. The van der Waals surface area contributed by atoms with E-state index in [4.69, 9.17) is 20.5 Å². The van der Waals surface area contributed by atoms with E-state index in [1.54, 1.807) is 45.0 Å². The molecule has 1 aromatic rings. The highest BCUT2D eigenvalue weighted by atomic mass is 35.5. The van der Waals surface area contributed by atoms with Crippen LogP contribution < -0.4 is 4.90 Å². The van der Waals surface area contributed by atoms with Crippen LogP contribution in [0.4, 0.5) is 10.5 Å². The van der Waals surface area contributed by atoms with Gasteiger partial charge in [-0.3, -0.25) is 13.9 Å². The zero-order valence-electron chi connectivity index (χ0n) is 16.3. The number of carbonyl (C=O) groups is 2. The molecule has 0 radical (unpaired) electrons. The molecule has 1 fully saturated rings. The predicted octanol–water partition coefficient (Wildman–Crippen LogP) is 2.66. The van der Waals surface area contributed by atoms with E-state index in [1.807, 2.05) is 0 Å². The molecule has 2 rings (SSSR count). The molecule has 1 aromatic carbocycles. The Hall–Kier alpha value is -1.84. The third-order valence-electron chi connectivity index (χ3n) is 3.94. The average molecular weight is 433 g/mol. The molecule has 1 saturated heterocycles. The van der Waals surface area contributed by atoms with Crippen molar-refractivity contribution < 1.29 is 26.9 Å². The first-order valence-corrected chi connectivity index (χ1v) is 10.9. The number of nitrogens with zero attached hydrogens (tertiary/aromatic N) is 2. The summed E-state index contributed by atoms with van der Waals surface area (Å²) in [5.41, 5.74) is -0.117. The van der Waals surface area contributed by atoms with Crippen LogP contribution in [0.3, 0.4) is 0 Å². The highest BCUT2D eigenvalue weighted by Crippen LogP contribution is 2.25. The normalized spacial score (nSPS) is 18.3. The van der Waals surface area contributed by atoms with Gasteiger partial charge in [-0.15, -0.1) is 0 Å². The topological polar surface area (TPSA) is 93.2 Å². The molecule has 1 aliphatic heterocycles. The Morgan fingerprint density at radius 3 is 2.57 bits per heavy atom. The minimum Gasteiger partial charge on any atom is -0.444 e. The molecule has 10 heteroatoms. The average Bonchev–Trinajstić information content (AvgIpc) is 2.53. The summed E-state index contributed by atoms with van der Waals surface area (Å²) < 4.78 is 32.7. The highest BCUT2D eigenvalue weighted by Gasteiger charge is 2.37. The first-order valence-electron chi connectivity index (χ1n) is 8.76. The number of ether oxygens (including phenoxy) is 1. The summed E-state index contributed by atoms with van der Waals surface area (Å²) >= 11 is 6.02. The van der Waals surface area contributed by atoms with E-state index >= 15 is 0 Å². The molecular formula is C18H25ClN2O6S. The van der Waals surface area contributed by atoms with Gasteiger partial charge >= 0.3 is 6.09 Å². The third-order valence-corrected chi connectivity index (χ3v) is 4.77. The van der Waals surface area contributed by atoms with Crippen LogP contribution in [0.15, 0.2) is 24.3 Å². The van der Waals surface area contributed by atoms with Gasteiger partial charge in [0, 0.05) is 17.3 Å². The van der Waals surface area contributed by atoms with Crippen molar-refractivity contribution in [3.05, 3.63) is 29.3 Å². The maximum Gasteiger partial charge on any atom is 0.411 e. The fourth-order valence-corrected chi connectivity index (χ4v) is 3.37. The van der Waals surface area contributed by atoms with Crippen LogP contribution in [0, 0.1) is 0 Å². The number of carbonyl (C=O) groups excluding carboxylic acids is 2. The molecule has 0 aliphatic carbocycles. The van der Waals surface area contributed by atoms with Crippen LogP contribution >= 0.6 is 11.6 Å². The Morgan fingerprint density at radius 1 is 1.32 bits per heavy atom. The quantitative estimate of drug-likeness (QED) is 0.664. The second-order valence-corrected chi connectivity index (χ2v) is 9.64. The van der Waals surface area contributed by atoms with Gasteiger partial charge in [0.05, 0.1) is 18.9 Å². The van der Waals surface area contributed by atoms with Gasteiger partial charge in [-0.1, -0.05) is 17.7 Å². The number of anilines is 1. The second-order valence-electron chi connectivity index (χ2n) is 7.56. The fourth-order valence-electron chi connectivity index (χ4n) is 2.78. The molecule has 0 N–H and O–H groups in total. The van der Waals surface area contributed by atoms with Gasteiger partial charge in [0.1, 0.15) is 12.1 Å². The van der Waals surface area contributed by atoms with Crippen LogP contribution in [-0.4, -0.2) is 62.9 Å². The lowest BCUT2D eigenvalue weighted by Gasteiger charge is -2.41. The molecule has 28 heavy (non-hydrogen) atoms. The lowest BCUT2D eigenvalue weighted by molar-refractivity contribution is -0.122. The third kappa shape index (κ3) is 6.65. The Bertz CT molecular complexity index is 837. The molecule has 0 unspecified atom stereocenters.